The summed E-state index contributed by atoms with van der Waals surface area (Å²) in [6, 6.07) is 0. The zero-order valence-corrected chi connectivity index (χ0v) is 11.1. The smallest absolute Gasteiger partial charge is 0.0627 e. The number of ether oxygens (including phenoxy) is 1. The Morgan fingerprint density at radius 3 is 2.20 bits per heavy atom. The first-order valence-corrected chi connectivity index (χ1v) is 5.76. The second-order valence-electron chi connectivity index (χ2n) is 5.21. The highest BCUT2D eigenvalue weighted by molar-refractivity contribution is 4.84. The Labute approximate surface area is 94.2 Å². The summed E-state index contributed by atoms with van der Waals surface area (Å²) in [5.74, 6) is 0. The van der Waals surface area contributed by atoms with Gasteiger partial charge in [0.1, 0.15) is 0 Å². The Bertz CT molecular complexity index is 176. The average molecular weight is 217 g/mol. The fourth-order valence-corrected chi connectivity index (χ4v) is 1.55. The molecule has 2 unspecified atom stereocenters. The number of nitrogens with one attached hydrogen (secondary N) is 1. The number of hydrogen-bond donors (Lipinski definition) is 2. The summed E-state index contributed by atoms with van der Waals surface area (Å²) in [5, 5.41) is 12.4. The molecule has 2 atom stereocenters. The Kier molecular flexibility index (Phi) is 5.78. The normalized spacial score (nSPS) is 18.6. The SMILES string of the molecule is CCC(C)(C)OC(C)CC(C)(CO)NC. The minimum atomic E-state index is -0.247. The lowest BCUT2D eigenvalue weighted by atomic mass is 9.95. The Hall–Kier alpha value is -0.120. The highest BCUT2D eigenvalue weighted by Gasteiger charge is 2.27. The number of hydrogen-bond acceptors (Lipinski definition) is 3. The van der Waals surface area contributed by atoms with E-state index < -0.39 is 0 Å². The lowest BCUT2D eigenvalue weighted by molar-refractivity contribution is -0.0789. The van der Waals surface area contributed by atoms with Crippen molar-refractivity contribution in [3.63, 3.8) is 0 Å². The van der Waals surface area contributed by atoms with Crippen molar-refractivity contribution >= 4 is 0 Å². The van der Waals surface area contributed by atoms with E-state index in [0.29, 0.717) is 0 Å². The molecule has 0 aromatic heterocycles. The van der Waals surface area contributed by atoms with Crippen molar-refractivity contribution in [2.75, 3.05) is 13.7 Å². The zero-order valence-electron chi connectivity index (χ0n) is 11.1. The third-order valence-corrected chi connectivity index (χ3v) is 3.06. The molecule has 0 saturated carbocycles. The van der Waals surface area contributed by atoms with E-state index in [4.69, 9.17) is 4.74 Å². The van der Waals surface area contributed by atoms with Crippen molar-refractivity contribution < 1.29 is 9.84 Å². The molecule has 0 aliphatic carbocycles. The van der Waals surface area contributed by atoms with Gasteiger partial charge in [0.25, 0.3) is 0 Å². The molecule has 0 rings (SSSR count). The van der Waals surface area contributed by atoms with Crippen molar-refractivity contribution in [3.05, 3.63) is 0 Å². The maximum atomic E-state index is 9.27. The number of aliphatic hydroxyl groups excluding tert-OH is 1. The summed E-state index contributed by atoms with van der Waals surface area (Å²) < 4.78 is 5.94. The van der Waals surface area contributed by atoms with Crippen LogP contribution in [0.4, 0.5) is 0 Å². The molecule has 3 heteroatoms. The molecule has 0 saturated heterocycles. The summed E-state index contributed by atoms with van der Waals surface area (Å²) in [4.78, 5) is 0. The maximum absolute atomic E-state index is 9.27. The first-order valence-electron chi connectivity index (χ1n) is 5.76. The van der Waals surface area contributed by atoms with Crippen molar-refractivity contribution in [3.8, 4) is 0 Å². The predicted octanol–water partition coefficient (Wildman–Crippen LogP) is 1.94. The quantitative estimate of drug-likeness (QED) is 0.685. The van der Waals surface area contributed by atoms with Crippen LogP contribution in [0, 0.1) is 0 Å². The number of likely N-dealkylation sites (N-methyl/N-ethyl adjacent to an activating group) is 1. The van der Waals surface area contributed by atoms with Gasteiger partial charge < -0.3 is 15.2 Å². The van der Waals surface area contributed by atoms with Crippen LogP contribution in [-0.2, 0) is 4.74 Å². The van der Waals surface area contributed by atoms with Crippen molar-refractivity contribution in [2.45, 2.75) is 64.7 Å². The second-order valence-corrected chi connectivity index (χ2v) is 5.21. The largest absolute Gasteiger partial charge is 0.394 e. The van der Waals surface area contributed by atoms with E-state index in [1.54, 1.807) is 0 Å². The van der Waals surface area contributed by atoms with Gasteiger partial charge in [-0.05, 0) is 47.6 Å². The summed E-state index contributed by atoms with van der Waals surface area (Å²) >= 11 is 0. The molecule has 2 N–H and O–H groups in total. The van der Waals surface area contributed by atoms with Gasteiger partial charge in [-0.25, -0.2) is 0 Å². The van der Waals surface area contributed by atoms with Crippen LogP contribution in [0.25, 0.3) is 0 Å². The van der Waals surface area contributed by atoms with E-state index in [9.17, 15) is 5.11 Å². The highest BCUT2D eigenvalue weighted by Crippen LogP contribution is 2.21. The molecular formula is C12H27NO2. The number of aliphatic hydroxyl groups is 1. The third kappa shape index (κ3) is 5.50. The Morgan fingerprint density at radius 2 is 1.87 bits per heavy atom. The topological polar surface area (TPSA) is 41.5 Å². The van der Waals surface area contributed by atoms with Crippen LogP contribution in [0.3, 0.4) is 0 Å². The standard InChI is InChI=1S/C12H27NO2/c1-7-11(3,4)15-10(2)8-12(5,9-14)13-6/h10,13-14H,7-9H2,1-6H3. The molecule has 3 nitrogen and oxygen atoms in total. The van der Waals surface area contributed by atoms with Gasteiger partial charge in [-0.1, -0.05) is 6.92 Å². The van der Waals surface area contributed by atoms with Gasteiger partial charge in [-0.2, -0.15) is 0 Å². The Balaban J connectivity index is 4.19. The minimum Gasteiger partial charge on any atom is -0.394 e. The van der Waals surface area contributed by atoms with Gasteiger partial charge in [0.2, 0.25) is 0 Å². The molecule has 0 heterocycles. The first-order chi connectivity index (χ1) is 6.78. The fourth-order valence-electron chi connectivity index (χ4n) is 1.55. The van der Waals surface area contributed by atoms with Gasteiger partial charge in [-0.3, -0.25) is 0 Å². The molecule has 92 valence electrons. The molecular weight excluding hydrogens is 190 g/mol. The van der Waals surface area contributed by atoms with Gasteiger partial charge in [0.05, 0.1) is 18.3 Å². The van der Waals surface area contributed by atoms with E-state index in [1.807, 2.05) is 14.0 Å². The number of rotatable bonds is 7. The van der Waals surface area contributed by atoms with Crippen molar-refractivity contribution in [1.82, 2.24) is 5.32 Å². The molecule has 0 fully saturated rings. The van der Waals surface area contributed by atoms with E-state index in [-0.39, 0.29) is 23.9 Å². The molecule has 0 aliphatic rings. The predicted molar refractivity (Wildman–Crippen MR) is 64.1 cm³/mol. The summed E-state index contributed by atoms with van der Waals surface area (Å²) in [5.41, 5.74) is -0.327. The molecule has 0 spiro atoms. The molecule has 0 aromatic rings. The second kappa shape index (κ2) is 5.83. The van der Waals surface area contributed by atoms with Gasteiger partial charge in [0.15, 0.2) is 0 Å². The molecule has 0 radical (unpaired) electrons. The maximum Gasteiger partial charge on any atom is 0.0627 e. The van der Waals surface area contributed by atoms with Crippen molar-refractivity contribution in [2.24, 2.45) is 0 Å². The summed E-state index contributed by atoms with van der Waals surface area (Å²) in [7, 11) is 1.87. The third-order valence-electron chi connectivity index (χ3n) is 3.06. The lowest BCUT2D eigenvalue weighted by Crippen LogP contribution is -2.47. The van der Waals surface area contributed by atoms with Crippen LogP contribution < -0.4 is 5.32 Å². The van der Waals surface area contributed by atoms with E-state index in [2.05, 4.69) is 33.0 Å². The Morgan fingerprint density at radius 1 is 1.33 bits per heavy atom. The van der Waals surface area contributed by atoms with Crippen LogP contribution in [-0.4, -0.2) is 36.0 Å². The molecule has 0 bridgehead atoms. The summed E-state index contributed by atoms with van der Waals surface area (Å²) in [6.45, 7) is 10.5. The van der Waals surface area contributed by atoms with Crippen LogP contribution in [0.5, 0.6) is 0 Å². The van der Waals surface area contributed by atoms with Crippen LogP contribution in [0.2, 0.25) is 0 Å². The molecule has 0 amide bonds. The van der Waals surface area contributed by atoms with Gasteiger partial charge in [0, 0.05) is 5.54 Å². The van der Waals surface area contributed by atoms with Crippen LogP contribution in [0.1, 0.15) is 47.5 Å². The van der Waals surface area contributed by atoms with Gasteiger partial charge >= 0.3 is 0 Å². The van der Waals surface area contributed by atoms with E-state index in [0.717, 1.165) is 12.8 Å². The van der Waals surface area contributed by atoms with Gasteiger partial charge in [-0.15, -0.1) is 0 Å². The van der Waals surface area contributed by atoms with Crippen LogP contribution >= 0.6 is 0 Å². The average Bonchev–Trinajstić information content (AvgIpc) is 2.16. The summed E-state index contributed by atoms with van der Waals surface area (Å²) in [6.07, 6.45) is 1.94. The lowest BCUT2D eigenvalue weighted by Gasteiger charge is -2.34. The first kappa shape index (κ1) is 14.9. The minimum absolute atomic E-state index is 0.0798. The fraction of sp³-hybridized carbons (Fsp3) is 1.00. The molecule has 0 aliphatic heterocycles. The highest BCUT2D eigenvalue weighted by atomic mass is 16.5. The van der Waals surface area contributed by atoms with Crippen LogP contribution in [0.15, 0.2) is 0 Å². The monoisotopic (exact) mass is 217 g/mol. The molecule has 0 aromatic carbocycles. The van der Waals surface area contributed by atoms with E-state index in [1.165, 1.54) is 0 Å². The molecule has 15 heavy (non-hydrogen) atoms. The van der Waals surface area contributed by atoms with E-state index >= 15 is 0 Å². The zero-order chi connectivity index (χ0) is 12.1. The van der Waals surface area contributed by atoms with Crippen molar-refractivity contribution in [1.29, 1.82) is 0 Å².